The van der Waals surface area contributed by atoms with Crippen molar-refractivity contribution in [1.29, 1.82) is 0 Å². The molecule has 0 spiro atoms. The third-order valence-corrected chi connectivity index (χ3v) is 7.99. The van der Waals surface area contributed by atoms with E-state index in [1.807, 2.05) is 11.8 Å². The predicted molar refractivity (Wildman–Crippen MR) is 132 cm³/mol. The molecule has 4 rings (SSSR count). The van der Waals surface area contributed by atoms with E-state index < -0.39 is 10.0 Å². The maximum atomic E-state index is 12.7. The summed E-state index contributed by atoms with van der Waals surface area (Å²) in [7, 11) is -3.68. The van der Waals surface area contributed by atoms with E-state index in [1.54, 1.807) is 29.6 Å². The number of amides is 1. The fourth-order valence-electron chi connectivity index (χ4n) is 3.79. The van der Waals surface area contributed by atoms with Crippen LogP contribution in [0.4, 0.5) is 10.8 Å². The summed E-state index contributed by atoms with van der Waals surface area (Å²) < 4.78 is 27.6. The Labute approximate surface area is 199 Å². The largest absolute Gasteiger partial charge is 0.368 e. The zero-order chi connectivity index (χ0) is 23.4. The van der Waals surface area contributed by atoms with Gasteiger partial charge in [0.2, 0.25) is 5.91 Å². The van der Waals surface area contributed by atoms with Crippen LogP contribution < -0.4 is 9.62 Å². The summed E-state index contributed by atoms with van der Waals surface area (Å²) in [6.07, 6.45) is 0.845. The highest BCUT2D eigenvalue weighted by molar-refractivity contribution is 7.93. The summed E-state index contributed by atoms with van der Waals surface area (Å²) in [4.78, 5) is 21.5. The van der Waals surface area contributed by atoms with Crippen LogP contribution in [0.3, 0.4) is 0 Å². The normalized spacial score (nSPS) is 14.4. The van der Waals surface area contributed by atoms with Gasteiger partial charge in [-0.2, -0.15) is 0 Å². The average Bonchev–Trinajstić information content (AvgIpc) is 3.24. The molecule has 1 aromatic heterocycles. The molecule has 1 aliphatic heterocycles. The molecule has 0 aliphatic carbocycles. The van der Waals surface area contributed by atoms with Crippen molar-refractivity contribution < 1.29 is 13.2 Å². The Morgan fingerprint density at radius 1 is 1.03 bits per heavy atom. The second-order valence-electron chi connectivity index (χ2n) is 8.27. The smallest absolute Gasteiger partial charge is 0.263 e. The second kappa shape index (κ2) is 9.93. The van der Waals surface area contributed by atoms with Crippen LogP contribution in [0.15, 0.2) is 58.8 Å². The van der Waals surface area contributed by atoms with E-state index in [-0.39, 0.29) is 10.8 Å². The number of nitrogens with zero attached hydrogens (tertiary/aromatic N) is 3. The SMILES string of the molecule is Cc1ccc(S(=O)(=O)Nc2nc(CCC(=O)N3CCN(c4cccc(C)c4)CC3)cs2)cc1. The summed E-state index contributed by atoms with van der Waals surface area (Å²) in [5.74, 6) is 0.105. The number of piperazine rings is 1. The summed E-state index contributed by atoms with van der Waals surface area (Å²) in [6.45, 7) is 7.02. The monoisotopic (exact) mass is 484 g/mol. The highest BCUT2D eigenvalue weighted by atomic mass is 32.2. The van der Waals surface area contributed by atoms with Gasteiger partial charge >= 0.3 is 0 Å². The minimum Gasteiger partial charge on any atom is -0.368 e. The van der Waals surface area contributed by atoms with Gasteiger partial charge in [0.05, 0.1) is 10.6 Å². The van der Waals surface area contributed by atoms with Crippen LogP contribution in [0, 0.1) is 13.8 Å². The molecule has 0 atom stereocenters. The molecule has 0 bridgehead atoms. The van der Waals surface area contributed by atoms with Gasteiger partial charge in [-0.3, -0.25) is 9.52 Å². The lowest BCUT2D eigenvalue weighted by Crippen LogP contribution is -2.48. The molecule has 1 aliphatic rings. The van der Waals surface area contributed by atoms with Crippen molar-refractivity contribution in [3.05, 3.63) is 70.7 Å². The number of anilines is 2. The quantitative estimate of drug-likeness (QED) is 0.551. The van der Waals surface area contributed by atoms with Crippen LogP contribution in [-0.4, -0.2) is 50.4 Å². The minimum atomic E-state index is -3.68. The number of thiazole rings is 1. The number of carbonyl (C=O) groups is 1. The van der Waals surface area contributed by atoms with E-state index in [9.17, 15) is 13.2 Å². The summed E-state index contributed by atoms with van der Waals surface area (Å²) in [6, 6.07) is 15.1. The first-order chi connectivity index (χ1) is 15.8. The summed E-state index contributed by atoms with van der Waals surface area (Å²) in [5.41, 5.74) is 4.14. The lowest BCUT2D eigenvalue weighted by molar-refractivity contribution is -0.131. The lowest BCUT2D eigenvalue weighted by atomic mass is 10.1. The summed E-state index contributed by atoms with van der Waals surface area (Å²) >= 11 is 1.23. The maximum absolute atomic E-state index is 12.7. The Bertz CT molecular complexity index is 1210. The van der Waals surface area contributed by atoms with E-state index in [4.69, 9.17) is 0 Å². The molecule has 0 unspecified atom stereocenters. The molecule has 1 saturated heterocycles. The second-order valence-corrected chi connectivity index (χ2v) is 10.8. The van der Waals surface area contributed by atoms with Gasteiger partial charge in [-0.15, -0.1) is 11.3 Å². The third-order valence-electron chi connectivity index (χ3n) is 5.70. The Kier molecular flexibility index (Phi) is 6.99. The zero-order valence-corrected chi connectivity index (χ0v) is 20.5. The van der Waals surface area contributed by atoms with Gasteiger partial charge in [-0.1, -0.05) is 29.8 Å². The highest BCUT2D eigenvalue weighted by Gasteiger charge is 2.22. The van der Waals surface area contributed by atoms with E-state index >= 15 is 0 Å². The molecule has 174 valence electrons. The number of carbonyl (C=O) groups excluding carboxylic acids is 1. The minimum absolute atomic E-state index is 0.105. The molecule has 7 nitrogen and oxygen atoms in total. The average molecular weight is 485 g/mol. The topological polar surface area (TPSA) is 82.6 Å². The van der Waals surface area contributed by atoms with E-state index in [0.29, 0.717) is 36.8 Å². The van der Waals surface area contributed by atoms with Crippen LogP contribution in [0.5, 0.6) is 0 Å². The molecule has 1 N–H and O–H groups in total. The third kappa shape index (κ3) is 5.91. The number of sulfonamides is 1. The molecule has 0 radical (unpaired) electrons. The zero-order valence-electron chi connectivity index (χ0n) is 18.8. The van der Waals surface area contributed by atoms with Crippen molar-refractivity contribution >= 4 is 38.1 Å². The lowest BCUT2D eigenvalue weighted by Gasteiger charge is -2.36. The fraction of sp³-hybridized carbons (Fsp3) is 0.333. The van der Waals surface area contributed by atoms with E-state index in [0.717, 1.165) is 18.7 Å². The van der Waals surface area contributed by atoms with Gasteiger partial charge in [0.1, 0.15) is 0 Å². The van der Waals surface area contributed by atoms with Crippen molar-refractivity contribution in [2.45, 2.75) is 31.6 Å². The Hall–Kier alpha value is -2.91. The van der Waals surface area contributed by atoms with Crippen molar-refractivity contribution in [2.75, 3.05) is 35.8 Å². The van der Waals surface area contributed by atoms with Crippen LogP contribution in [0.2, 0.25) is 0 Å². The fourth-order valence-corrected chi connectivity index (χ4v) is 5.79. The van der Waals surface area contributed by atoms with Crippen molar-refractivity contribution in [3.8, 4) is 0 Å². The molecule has 3 aromatic rings. The molecule has 33 heavy (non-hydrogen) atoms. The number of hydrogen-bond donors (Lipinski definition) is 1. The van der Waals surface area contributed by atoms with Crippen LogP contribution in [0.1, 0.15) is 23.2 Å². The number of aromatic nitrogens is 1. The first-order valence-electron chi connectivity index (χ1n) is 10.9. The van der Waals surface area contributed by atoms with Crippen molar-refractivity contribution in [1.82, 2.24) is 9.88 Å². The molecule has 9 heteroatoms. The van der Waals surface area contributed by atoms with Crippen molar-refractivity contribution in [2.24, 2.45) is 0 Å². The molecule has 2 aromatic carbocycles. The Morgan fingerprint density at radius 3 is 2.45 bits per heavy atom. The maximum Gasteiger partial charge on any atom is 0.263 e. The van der Waals surface area contributed by atoms with Gasteiger partial charge in [0.25, 0.3) is 10.0 Å². The van der Waals surface area contributed by atoms with Gasteiger partial charge in [0.15, 0.2) is 5.13 Å². The van der Waals surface area contributed by atoms with Crippen LogP contribution in [0.25, 0.3) is 0 Å². The van der Waals surface area contributed by atoms with Crippen LogP contribution >= 0.6 is 11.3 Å². The van der Waals surface area contributed by atoms with Gasteiger partial charge in [-0.25, -0.2) is 13.4 Å². The number of hydrogen-bond acceptors (Lipinski definition) is 6. The highest BCUT2D eigenvalue weighted by Crippen LogP contribution is 2.22. The Balaban J connectivity index is 1.27. The number of rotatable bonds is 7. The number of benzene rings is 2. The standard InChI is InChI=1S/C24H28N4O3S2/c1-18-6-9-22(10-7-18)33(30,31)26-24-25-20(17-32-24)8-11-23(29)28-14-12-27(13-15-28)21-5-3-4-19(2)16-21/h3-7,9-10,16-17H,8,11-15H2,1-2H3,(H,25,26). The van der Waals surface area contributed by atoms with E-state index in [1.165, 1.54) is 22.6 Å². The van der Waals surface area contributed by atoms with Gasteiger partial charge in [0, 0.05) is 43.7 Å². The molecule has 0 saturated carbocycles. The summed E-state index contributed by atoms with van der Waals surface area (Å²) in [5, 5.41) is 2.11. The first kappa shape index (κ1) is 23.3. The molecule has 1 amide bonds. The first-order valence-corrected chi connectivity index (χ1v) is 13.3. The predicted octanol–water partition coefficient (Wildman–Crippen LogP) is 3.84. The van der Waals surface area contributed by atoms with Crippen molar-refractivity contribution in [3.63, 3.8) is 0 Å². The number of aryl methyl sites for hydroxylation is 3. The molecular formula is C24H28N4O3S2. The van der Waals surface area contributed by atoms with E-state index in [2.05, 4.69) is 45.8 Å². The Morgan fingerprint density at radius 2 is 1.76 bits per heavy atom. The number of nitrogens with one attached hydrogen (secondary N) is 1. The van der Waals surface area contributed by atoms with Crippen LogP contribution in [-0.2, 0) is 21.2 Å². The molecule has 2 heterocycles. The van der Waals surface area contributed by atoms with Gasteiger partial charge in [-0.05, 0) is 50.1 Å². The molecule has 1 fully saturated rings. The van der Waals surface area contributed by atoms with Gasteiger partial charge < -0.3 is 9.80 Å². The molecular weight excluding hydrogens is 456 g/mol.